The third-order valence-corrected chi connectivity index (χ3v) is 4.77. The topological polar surface area (TPSA) is 89.3 Å². The standard InChI is InChI=1S/C15H18N2O3S/c1-3-4-8-15(21-14(16)20)12(18)10-7-5-6-9(2)11(10)17-13(15)19/h5-7H,3-4,8H2,1-2H3,(H2,16,20)(H,17,19). The molecule has 0 aliphatic carbocycles. The van der Waals surface area contributed by atoms with Crippen molar-refractivity contribution in [3.05, 3.63) is 29.3 Å². The summed E-state index contributed by atoms with van der Waals surface area (Å²) in [6.07, 6.45) is 1.79. The molecule has 0 fully saturated rings. The highest BCUT2D eigenvalue weighted by Gasteiger charge is 2.51. The lowest BCUT2D eigenvalue weighted by Crippen LogP contribution is -2.52. The number of Topliss-reactive ketones (excluding diaryl/α,β-unsaturated/α-hetero) is 1. The van der Waals surface area contributed by atoms with Gasteiger partial charge in [0.05, 0.1) is 5.69 Å². The van der Waals surface area contributed by atoms with Crippen LogP contribution in [0.1, 0.15) is 42.1 Å². The molecule has 0 saturated carbocycles. The van der Waals surface area contributed by atoms with E-state index in [9.17, 15) is 14.4 Å². The van der Waals surface area contributed by atoms with Crippen LogP contribution in [0, 0.1) is 6.92 Å². The van der Waals surface area contributed by atoms with Gasteiger partial charge < -0.3 is 11.1 Å². The molecule has 1 aliphatic rings. The van der Waals surface area contributed by atoms with E-state index in [4.69, 9.17) is 5.73 Å². The number of thioether (sulfide) groups is 1. The van der Waals surface area contributed by atoms with E-state index in [2.05, 4.69) is 5.32 Å². The van der Waals surface area contributed by atoms with Crippen molar-refractivity contribution in [2.75, 3.05) is 5.32 Å². The van der Waals surface area contributed by atoms with Gasteiger partial charge in [-0.3, -0.25) is 14.4 Å². The second-order valence-electron chi connectivity index (χ2n) is 5.13. The second kappa shape index (κ2) is 5.89. The van der Waals surface area contributed by atoms with Gasteiger partial charge in [-0.15, -0.1) is 0 Å². The number of hydrogen-bond acceptors (Lipinski definition) is 4. The Labute approximate surface area is 127 Å². The summed E-state index contributed by atoms with van der Waals surface area (Å²) in [4.78, 5) is 36.7. The van der Waals surface area contributed by atoms with Crippen molar-refractivity contribution in [2.24, 2.45) is 5.73 Å². The number of primary amides is 1. The van der Waals surface area contributed by atoms with Crippen molar-refractivity contribution in [1.82, 2.24) is 0 Å². The minimum absolute atomic E-state index is 0.301. The number of rotatable bonds is 4. The van der Waals surface area contributed by atoms with Gasteiger partial charge in [0, 0.05) is 5.56 Å². The average Bonchev–Trinajstić information content (AvgIpc) is 2.43. The van der Waals surface area contributed by atoms with Crippen LogP contribution < -0.4 is 11.1 Å². The highest BCUT2D eigenvalue weighted by Crippen LogP contribution is 2.41. The Bertz CT molecular complexity index is 615. The summed E-state index contributed by atoms with van der Waals surface area (Å²) in [5.74, 6) is -0.784. The van der Waals surface area contributed by atoms with Gasteiger partial charge in [0.25, 0.3) is 5.24 Å². The normalized spacial score (nSPS) is 20.9. The molecule has 3 N–H and O–H groups in total. The number of nitrogens with one attached hydrogen (secondary N) is 1. The molecule has 0 saturated heterocycles. The third-order valence-electron chi connectivity index (χ3n) is 3.65. The molecule has 5 nitrogen and oxygen atoms in total. The molecule has 0 aromatic heterocycles. The quantitative estimate of drug-likeness (QED) is 0.837. The Hall–Kier alpha value is -1.82. The van der Waals surface area contributed by atoms with Crippen molar-refractivity contribution in [1.29, 1.82) is 0 Å². The number of ketones is 1. The Balaban J connectivity index is 2.53. The van der Waals surface area contributed by atoms with Crippen LogP contribution in [-0.4, -0.2) is 21.7 Å². The molecule has 2 rings (SSSR count). The van der Waals surface area contributed by atoms with Gasteiger partial charge in [0.1, 0.15) is 0 Å². The van der Waals surface area contributed by atoms with E-state index in [-0.39, 0.29) is 5.78 Å². The zero-order valence-electron chi connectivity index (χ0n) is 12.1. The number of nitrogens with two attached hydrogens (primary N) is 1. The van der Waals surface area contributed by atoms with E-state index in [1.54, 1.807) is 12.1 Å². The van der Waals surface area contributed by atoms with Crippen LogP contribution in [0.3, 0.4) is 0 Å². The number of carbonyl (C=O) groups excluding carboxylic acids is 3. The summed E-state index contributed by atoms with van der Waals surface area (Å²) in [7, 11) is 0. The van der Waals surface area contributed by atoms with Gasteiger partial charge in [0.2, 0.25) is 5.91 Å². The van der Waals surface area contributed by atoms with Crippen LogP contribution in [0.4, 0.5) is 10.5 Å². The minimum atomic E-state index is -1.44. The maximum atomic E-state index is 12.9. The highest BCUT2D eigenvalue weighted by atomic mass is 32.2. The van der Waals surface area contributed by atoms with Crippen molar-refractivity contribution >= 4 is 34.4 Å². The molecule has 1 heterocycles. The second-order valence-corrected chi connectivity index (χ2v) is 6.44. The summed E-state index contributed by atoms with van der Waals surface area (Å²) in [5.41, 5.74) is 7.04. The smallest absolute Gasteiger partial charge is 0.277 e. The van der Waals surface area contributed by atoms with Crippen LogP contribution in [0.5, 0.6) is 0 Å². The lowest BCUT2D eigenvalue weighted by molar-refractivity contribution is -0.117. The SMILES string of the molecule is CCCCC1(SC(N)=O)C(=O)Nc2c(C)cccc2C1=O. The maximum Gasteiger partial charge on any atom is 0.277 e. The van der Waals surface area contributed by atoms with Crippen molar-refractivity contribution in [3.63, 3.8) is 0 Å². The largest absolute Gasteiger partial charge is 0.360 e. The Morgan fingerprint density at radius 1 is 1.38 bits per heavy atom. The summed E-state index contributed by atoms with van der Waals surface area (Å²) >= 11 is 0.626. The summed E-state index contributed by atoms with van der Waals surface area (Å²) in [6, 6.07) is 5.27. The molecule has 0 spiro atoms. The summed E-state index contributed by atoms with van der Waals surface area (Å²) in [5, 5.41) is 2.06. The monoisotopic (exact) mass is 306 g/mol. The summed E-state index contributed by atoms with van der Waals surface area (Å²) < 4.78 is -1.44. The molecule has 1 atom stereocenters. The molecule has 1 aromatic rings. The molecule has 112 valence electrons. The Morgan fingerprint density at radius 3 is 2.71 bits per heavy atom. The van der Waals surface area contributed by atoms with Crippen LogP contribution in [0.2, 0.25) is 0 Å². The van der Waals surface area contributed by atoms with Gasteiger partial charge in [-0.2, -0.15) is 0 Å². The lowest BCUT2D eigenvalue weighted by Gasteiger charge is -2.34. The number of para-hydroxylation sites is 1. The van der Waals surface area contributed by atoms with Crippen LogP contribution in [-0.2, 0) is 4.79 Å². The molecule has 1 unspecified atom stereocenters. The maximum absolute atomic E-state index is 12.9. The summed E-state index contributed by atoms with van der Waals surface area (Å²) in [6.45, 7) is 3.79. The predicted octanol–water partition coefficient (Wildman–Crippen LogP) is 2.87. The van der Waals surface area contributed by atoms with Crippen molar-refractivity contribution < 1.29 is 14.4 Å². The number of unbranched alkanes of at least 4 members (excludes halogenated alkanes) is 1. The molecule has 21 heavy (non-hydrogen) atoms. The fourth-order valence-electron chi connectivity index (χ4n) is 2.53. The van der Waals surface area contributed by atoms with E-state index in [1.807, 2.05) is 19.9 Å². The number of benzene rings is 1. The zero-order valence-corrected chi connectivity index (χ0v) is 12.9. The minimum Gasteiger partial charge on any atom is -0.360 e. The van der Waals surface area contributed by atoms with Gasteiger partial charge in [-0.25, -0.2) is 0 Å². The van der Waals surface area contributed by atoms with Crippen LogP contribution >= 0.6 is 11.8 Å². The zero-order chi connectivity index (χ0) is 15.6. The first-order valence-corrected chi connectivity index (χ1v) is 7.68. The molecule has 1 aliphatic heterocycles. The van der Waals surface area contributed by atoms with Crippen LogP contribution in [0.25, 0.3) is 0 Å². The number of aryl methyl sites for hydroxylation is 1. The van der Waals surface area contributed by atoms with E-state index < -0.39 is 15.9 Å². The number of amides is 2. The first-order chi connectivity index (χ1) is 9.92. The Morgan fingerprint density at radius 2 is 2.10 bits per heavy atom. The van der Waals surface area contributed by atoms with E-state index >= 15 is 0 Å². The van der Waals surface area contributed by atoms with E-state index in [0.29, 0.717) is 35.9 Å². The molecule has 0 bridgehead atoms. The average molecular weight is 306 g/mol. The molecule has 6 heteroatoms. The first kappa shape index (κ1) is 15.6. The first-order valence-electron chi connectivity index (χ1n) is 6.86. The third kappa shape index (κ3) is 2.68. The fraction of sp³-hybridized carbons (Fsp3) is 0.400. The van der Waals surface area contributed by atoms with E-state index in [0.717, 1.165) is 12.0 Å². The molecule has 0 radical (unpaired) electrons. The number of fused-ring (bicyclic) bond motifs is 1. The molecule has 1 aromatic carbocycles. The van der Waals surface area contributed by atoms with E-state index in [1.165, 1.54) is 0 Å². The molecular formula is C15H18N2O3S. The van der Waals surface area contributed by atoms with Crippen molar-refractivity contribution in [2.45, 2.75) is 37.9 Å². The Kier molecular flexibility index (Phi) is 4.37. The molecular weight excluding hydrogens is 288 g/mol. The van der Waals surface area contributed by atoms with Crippen molar-refractivity contribution in [3.8, 4) is 0 Å². The van der Waals surface area contributed by atoms with Crippen LogP contribution in [0.15, 0.2) is 18.2 Å². The highest BCUT2D eigenvalue weighted by molar-refractivity contribution is 8.16. The predicted molar refractivity (Wildman–Crippen MR) is 83.6 cm³/mol. The number of hydrogen-bond donors (Lipinski definition) is 2. The number of anilines is 1. The van der Waals surface area contributed by atoms with Gasteiger partial charge in [-0.1, -0.05) is 31.9 Å². The van der Waals surface area contributed by atoms with Gasteiger partial charge >= 0.3 is 0 Å². The van der Waals surface area contributed by atoms with Gasteiger partial charge in [0.15, 0.2) is 10.5 Å². The molecule has 2 amide bonds. The lowest BCUT2D eigenvalue weighted by atomic mass is 9.86. The number of carbonyl (C=O) groups is 3. The van der Waals surface area contributed by atoms with Gasteiger partial charge in [-0.05, 0) is 36.7 Å². The fourth-order valence-corrected chi connectivity index (χ4v) is 3.46.